The Balaban J connectivity index is 1.67. The van der Waals surface area contributed by atoms with Crippen molar-refractivity contribution >= 4 is 32.5 Å². The summed E-state index contributed by atoms with van der Waals surface area (Å²) in [6, 6.07) is 17.2. The number of anilines is 1. The lowest BCUT2D eigenvalue weighted by Crippen LogP contribution is -2.48. The van der Waals surface area contributed by atoms with E-state index in [9.17, 15) is 18.3 Å². The molecule has 4 rings (SSSR count). The minimum Gasteiger partial charge on any atom is -0.491 e. The van der Waals surface area contributed by atoms with Crippen LogP contribution in [0.4, 0.5) is 10.5 Å². The first-order chi connectivity index (χ1) is 14.6. The molecule has 0 atom stereocenters. The highest BCUT2D eigenvalue weighted by Crippen LogP contribution is 2.37. The molecule has 0 aliphatic carbocycles. The third kappa shape index (κ3) is 4.08. The van der Waals surface area contributed by atoms with Crippen molar-refractivity contribution in [2.24, 2.45) is 0 Å². The minimum atomic E-state index is -4.04. The highest BCUT2D eigenvalue weighted by molar-refractivity contribution is 7.90. The Kier molecular flexibility index (Phi) is 5.15. The van der Waals surface area contributed by atoms with Crippen LogP contribution in [0.2, 0.25) is 0 Å². The minimum absolute atomic E-state index is 0.0320. The van der Waals surface area contributed by atoms with E-state index >= 15 is 0 Å². The lowest BCUT2D eigenvalue weighted by Gasteiger charge is -2.34. The zero-order valence-corrected chi connectivity index (χ0v) is 18.4. The SMILES string of the molecule is CN1C(=O)N(Cc2ccc3ccccc3c2)S(=O)(=O)c2ccc(OCC(C)(C)O)cc21. The molecule has 8 heteroatoms. The Morgan fingerprint density at radius 1 is 1.00 bits per heavy atom. The maximum absolute atomic E-state index is 13.3. The number of carbonyl (C=O) groups is 1. The number of benzene rings is 3. The molecule has 3 aromatic carbocycles. The number of ether oxygens (including phenoxy) is 1. The van der Waals surface area contributed by atoms with Gasteiger partial charge >= 0.3 is 6.03 Å². The van der Waals surface area contributed by atoms with Crippen LogP contribution in [-0.2, 0) is 16.6 Å². The summed E-state index contributed by atoms with van der Waals surface area (Å²) in [6.45, 7) is 3.18. The molecule has 31 heavy (non-hydrogen) atoms. The fourth-order valence-electron chi connectivity index (χ4n) is 3.47. The highest BCUT2D eigenvalue weighted by atomic mass is 32.2. The van der Waals surface area contributed by atoms with Gasteiger partial charge in [-0.15, -0.1) is 0 Å². The van der Waals surface area contributed by atoms with Crippen LogP contribution in [0.1, 0.15) is 19.4 Å². The van der Waals surface area contributed by atoms with Crippen molar-refractivity contribution in [3.05, 3.63) is 66.2 Å². The van der Waals surface area contributed by atoms with Crippen molar-refractivity contribution in [2.45, 2.75) is 30.9 Å². The summed E-state index contributed by atoms with van der Waals surface area (Å²) in [5.74, 6) is 0.374. The van der Waals surface area contributed by atoms with Gasteiger partial charge in [0.15, 0.2) is 0 Å². The Morgan fingerprint density at radius 2 is 1.71 bits per heavy atom. The van der Waals surface area contributed by atoms with Crippen LogP contribution in [0.25, 0.3) is 10.8 Å². The fraction of sp³-hybridized carbons (Fsp3) is 0.261. The predicted octanol–water partition coefficient (Wildman–Crippen LogP) is 3.75. The van der Waals surface area contributed by atoms with Gasteiger partial charge in [0, 0.05) is 13.1 Å². The van der Waals surface area contributed by atoms with E-state index < -0.39 is 21.7 Å². The summed E-state index contributed by atoms with van der Waals surface area (Å²) < 4.78 is 32.9. The molecular weight excluding hydrogens is 416 g/mol. The first kappa shape index (κ1) is 21.1. The van der Waals surface area contributed by atoms with Gasteiger partial charge in [0.05, 0.1) is 17.8 Å². The Hall–Kier alpha value is -3.10. The van der Waals surface area contributed by atoms with Gasteiger partial charge in [0.2, 0.25) is 0 Å². The second kappa shape index (κ2) is 7.55. The number of fused-ring (bicyclic) bond motifs is 2. The van der Waals surface area contributed by atoms with Crippen LogP contribution < -0.4 is 9.64 Å². The molecule has 1 N–H and O–H groups in total. The number of sulfonamides is 1. The first-order valence-corrected chi connectivity index (χ1v) is 11.3. The molecule has 7 nitrogen and oxygen atoms in total. The van der Waals surface area contributed by atoms with Crippen LogP contribution in [0.3, 0.4) is 0 Å². The van der Waals surface area contributed by atoms with Gasteiger partial charge in [-0.05, 0) is 48.4 Å². The largest absolute Gasteiger partial charge is 0.491 e. The van der Waals surface area contributed by atoms with Crippen LogP contribution in [0, 0.1) is 0 Å². The molecule has 0 saturated heterocycles. The maximum atomic E-state index is 13.3. The average Bonchev–Trinajstić information content (AvgIpc) is 2.73. The second-order valence-electron chi connectivity index (χ2n) is 8.27. The molecule has 0 fully saturated rings. The van der Waals surface area contributed by atoms with Crippen molar-refractivity contribution in [3.8, 4) is 5.75 Å². The normalized spacial score (nSPS) is 15.8. The number of amides is 2. The number of hydrogen-bond acceptors (Lipinski definition) is 5. The average molecular weight is 441 g/mol. The van der Waals surface area contributed by atoms with Crippen LogP contribution in [0.5, 0.6) is 5.75 Å². The van der Waals surface area contributed by atoms with Crippen molar-refractivity contribution in [1.29, 1.82) is 0 Å². The number of urea groups is 1. The lowest BCUT2D eigenvalue weighted by molar-refractivity contribution is 0.0285. The molecule has 1 aliphatic heterocycles. The molecule has 0 spiro atoms. The molecule has 1 aliphatic rings. The molecule has 0 saturated carbocycles. The molecule has 1 heterocycles. The summed E-state index contributed by atoms with van der Waals surface area (Å²) in [6.07, 6.45) is 0. The van der Waals surface area contributed by atoms with E-state index in [4.69, 9.17) is 4.74 Å². The highest BCUT2D eigenvalue weighted by Gasteiger charge is 2.40. The molecule has 0 unspecified atom stereocenters. The van der Waals surface area contributed by atoms with Crippen LogP contribution in [-0.4, -0.2) is 43.1 Å². The fourth-order valence-corrected chi connectivity index (χ4v) is 5.06. The van der Waals surface area contributed by atoms with Gasteiger partial charge < -0.3 is 9.84 Å². The zero-order valence-electron chi connectivity index (χ0n) is 17.6. The Bertz CT molecular complexity index is 1260. The van der Waals surface area contributed by atoms with Crippen molar-refractivity contribution in [1.82, 2.24) is 4.31 Å². The Morgan fingerprint density at radius 3 is 2.42 bits per heavy atom. The van der Waals surface area contributed by atoms with Gasteiger partial charge in [-0.2, -0.15) is 0 Å². The molecule has 0 bridgehead atoms. The Labute approximate surface area is 181 Å². The molecule has 3 aromatic rings. The summed E-state index contributed by atoms with van der Waals surface area (Å²) in [5, 5.41) is 11.9. The van der Waals surface area contributed by atoms with Crippen molar-refractivity contribution in [3.63, 3.8) is 0 Å². The van der Waals surface area contributed by atoms with Gasteiger partial charge in [-0.25, -0.2) is 17.5 Å². The summed E-state index contributed by atoms with van der Waals surface area (Å²) >= 11 is 0. The smallest absolute Gasteiger partial charge is 0.338 e. The van der Waals surface area contributed by atoms with Crippen LogP contribution in [0.15, 0.2) is 65.6 Å². The molecule has 0 aromatic heterocycles. The predicted molar refractivity (Wildman–Crippen MR) is 119 cm³/mol. The maximum Gasteiger partial charge on any atom is 0.338 e. The third-order valence-electron chi connectivity index (χ3n) is 5.09. The van der Waals surface area contributed by atoms with Crippen molar-refractivity contribution < 1.29 is 23.1 Å². The second-order valence-corrected chi connectivity index (χ2v) is 10.1. The molecule has 2 amide bonds. The number of rotatable bonds is 5. The van der Waals surface area contributed by atoms with E-state index in [0.717, 1.165) is 20.6 Å². The van der Waals surface area contributed by atoms with Gasteiger partial charge in [-0.1, -0.05) is 36.4 Å². The molecule has 0 radical (unpaired) electrons. The van der Waals surface area contributed by atoms with Crippen LogP contribution >= 0.6 is 0 Å². The van der Waals surface area contributed by atoms with E-state index in [1.54, 1.807) is 13.8 Å². The standard InChI is InChI=1S/C23H24N2O5S/c1-23(2,27)15-30-19-10-11-21-20(13-19)24(3)22(26)25(31(21,28)29)14-16-8-9-17-6-4-5-7-18(17)12-16/h4-13,27H,14-15H2,1-3H3. The quantitative estimate of drug-likeness (QED) is 0.653. The molecular formula is C23H24N2O5S. The van der Waals surface area contributed by atoms with E-state index in [1.807, 2.05) is 42.5 Å². The number of hydrogen-bond donors (Lipinski definition) is 1. The number of aliphatic hydroxyl groups is 1. The van der Waals surface area contributed by atoms with E-state index in [2.05, 4.69) is 0 Å². The van der Waals surface area contributed by atoms with Gasteiger partial charge in [0.1, 0.15) is 17.3 Å². The number of nitrogens with zero attached hydrogens (tertiary/aromatic N) is 2. The lowest BCUT2D eigenvalue weighted by atomic mass is 10.1. The third-order valence-corrected chi connectivity index (χ3v) is 6.86. The first-order valence-electron chi connectivity index (χ1n) is 9.84. The number of carbonyl (C=O) groups excluding carboxylic acids is 1. The topological polar surface area (TPSA) is 87.2 Å². The van der Waals surface area contributed by atoms with E-state index in [1.165, 1.54) is 30.1 Å². The van der Waals surface area contributed by atoms with E-state index in [0.29, 0.717) is 5.75 Å². The monoisotopic (exact) mass is 440 g/mol. The summed E-state index contributed by atoms with van der Waals surface area (Å²) in [7, 11) is -2.51. The zero-order chi connectivity index (χ0) is 22.4. The van der Waals surface area contributed by atoms with Gasteiger partial charge in [-0.3, -0.25) is 4.90 Å². The van der Waals surface area contributed by atoms with Crippen molar-refractivity contribution in [2.75, 3.05) is 18.6 Å². The van der Waals surface area contributed by atoms with E-state index in [-0.39, 0.29) is 23.7 Å². The van der Waals surface area contributed by atoms with Gasteiger partial charge in [0.25, 0.3) is 10.0 Å². The summed E-state index contributed by atoms with van der Waals surface area (Å²) in [4.78, 5) is 14.3. The summed E-state index contributed by atoms with van der Waals surface area (Å²) in [5.41, 5.74) is -0.0778. The molecule has 162 valence electrons.